The number of rotatable bonds is 4. The molecule has 0 aromatic carbocycles. The quantitative estimate of drug-likeness (QED) is 0.747. The Kier molecular flexibility index (Phi) is 4.52. The third kappa shape index (κ3) is 3.56. The summed E-state index contributed by atoms with van der Waals surface area (Å²) in [6.45, 7) is 0. The van der Waals surface area contributed by atoms with E-state index in [1.54, 1.807) is 0 Å². The Labute approximate surface area is 121 Å². The Balaban J connectivity index is 2.06. The summed E-state index contributed by atoms with van der Waals surface area (Å²) >= 11 is 0. The molecule has 0 radical (unpaired) electrons. The van der Waals surface area contributed by atoms with Gasteiger partial charge in [-0.25, -0.2) is 9.78 Å². The predicted molar refractivity (Wildman–Crippen MR) is 73.6 cm³/mol. The minimum Gasteiger partial charge on any atom is -0.477 e. The fourth-order valence-electron chi connectivity index (χ4n) is 2.55. The van der Waals surface area contributed by atoms with Crippen molar-refractivity contribution in [1.29, 1.82) is 0 Å². The molecule has 1 heterocycles. The number of hydrogen-bond acceptors (Lipinski definition) is 4. The maximum absolute atomic E-state index is 12.1. The molecule has 1 aromatic heterocycles. The zero-order valence-corrected chi connectivity index (χ0v) is 11.4. The van der Waals surface area contributed by atoms with Crippen molar-refractivity contribution in [2.45, 2.75) is 31.7 Å². The van der Waals surface area contributed by atoms with Crippen LogP contribution in [0.4, 0.5) is 0 Å². The Hall–Kier alpha value is -2.44. The van der Waals surface area contributed by atoms with Crippen molar-refractivity contribution in [3.05, 3.63) is 29.6 Å². The maximum atomic E-state index is 12.1. The zero-order valence-electron chi connectivity index (χ0n) is 11.4. The molecule has 21 heavy (non-hydrogen) atoms. The van der Waals surface area contributed by atoms with E-state index in [1.165, 1.54) is 18.3 Å². The second-order valence-electron chi connectivity index (χ2n) is 5.11. The van der Waals surface area contributed by atoms with Gasteiger partial charge in [-0.15, -0.1) is 0 Å². The number of carboxylic acids is 1. The van der Waals surface area contributed by atoms with Crippen LogP contribution in [-0.4, -0.2) is 33.9 Å². The third-order valence-corrected chi connectivity index (χ3v) is 3.69. The number of nitrogens with one attached hydrogen (secondary N) is 1. The van der Waals surface area contributed by atoms with Crippen molar-refractivity contribution in [2.75, 3.05) is 0 Å². The summed E-state index contributed by atoms with van der Waals surface area (Å²) in [5.74, 6) is -2.28. The summed E-state index contributed by atoms with van der Waals surface area (Å²) in [6, 6.07) is 2.39. The van der Waals surface area contributed by atoms with E-state index in [2.05, 4.69) is 10.3 Å². The number of carboxylic acid groups (broad SMARTS) is 1. The molecule has 1 fully saturated rings. The molecular formula is C14H17N3O4. The fraction of sp³-hybridized carbons (Fsp3) is 0.429. The Morgan fingerprint density at radius 1 is 1.24 bits per heavy atom. The summed E-state index contributed by atoms with van der Waals surface area (Å²) in [5.41, 5.74) is 5.49. The van der Waals surface area contributed by atoms with Crippen LogP contribution in [0, 0.1) is 5.92 Å². The molecule has 1 aliphatic carbocycles. The van der Waals surface area contributed by atoms with Gasteiger partial charge >= 0.3 is 5.97 Å². The van der Waals surface area contributed by atoms with Gasteiger partial charge in [0, 0.05) is 12.2 Å². The van der Waals surface area contributed by atoms with Gasteiger partial charge in [-0.05, 0) is 25.0 Å². The van der Waals surface area contributed by atoms with Crippen LogP contribution in [0.15, 0.2) is 18.3 Å². The molecule has 1 aliphatic rings. The monoisotopic (exact) mass is 291 g/mol. The van der Waals surface area contributed by atoms with Crippen molar-refractivity contribution >= 4 is 17.8 Å². The SMILES string of the molecule is NC(=O)C1CCCCC1NC(=O)c1ccc(C(=O)O)nc1. The molecule has 0 aliphatic heterocycles. The molecule has 1 saturated carbocycles. The van der Waals surface area contributed by atoms with Crippen LogP contribution in [0.5, 0.6) is 0 Å². The second kappa shape index (κ2) is 6.34. The van der Waals surface area contributed by atoms with Crippen LogP contribution in [0.3, 0.4) is 0 Å². The first kappa shape index (κ1) is 15.0. The van der Waals surface area contributed by atoms with Crippen molar-refractivity contribution in [1.82, 2.24) is 10.3 Å². The number of primary amides is 1. The summed E-state index contributed by atoms with van der Waals surface area (Å²) in [6.07, 6.45) is 4.46. The molecule has 0 spiro atoms. The highest BCUT2D eigenvalue weighted by atomic mass is 16.4. The van der Waals surface area contributed by atoms with E-state index in [0.29, 0.717) is 12.8 Å². The van der Waals surface area contributed by atoms with E-state index >= 15 is 0 Å². The first-order valence-electron chi connectivity index (χ1n) is 6.78. The average molecular weight is 291 g/mol. The molecule has 7 heteroatoms. The highest BCUT2D eigenvalue weighted by Gasteiger charge is 2.30. The van der Waals surface area contributed by atoms with Crippen LogP contribution in [0.2, 0.25) is 0 Å². The number of nitrogens with zero attached hydrogens (tertiary/aromatic N) is 1. The number of nitrogens with two attached hydrogens (primary N) is 1. The van der Waals surface area contributed by atoms with Crippen molar-refractivity contribution in [3.63, 3.8) is 0 Å². The lowest BCUT2D eigenvalue weighted by Gasteiger charge is -2.29. The van der Waals surface area contributed by atoms with Crippen LogP contribution in [0.25, 0.3) is 0 Å². The third-order valence-electron chi connectivity index (χ3n) is 3.69. The minimum atomic E-state index is -1.15. The van der Waals surface area contributed by atoms with Crippen LogP contribution in [-0.2, 0) is 4.79 Å². The summed E-state index contributed by atoms with van der Waals surface area (Å²) in [4.78, 5) is 37.9. The Morgan fingerprint density at radius 2 is 1.95 bits per heavy atom. The number of aromatic nitrogens is 1. The van der Waals surface area contributed by atoms with Crippen molar-refractivity contribution < 1.29 is 19.5 Å². The Morgan fingerprint density at radius 3 is 2.52 bits per heavy atom. The maximum Gasteiger partial charge on any atom is 0.354 e. The van der Waals surface area contributed by atoms with Gasteiger partial charge in [0.2, 0.25) is 5.91 Å². The van der Waals surface area contributed by atoms with E-state index < -0.39 is 11.9 Å². The summed E-state index contributed by atoms with van der Waals surface area (Å²) in [7, 11) is 0. The molecule has 112 valence electrons. The molecule has 2 atom stereocenters. The molecule has 4 N–H and O–H groups in total. The lowest BCUT2D eigenvalue weighted by Crippen LogP contribution is -2.47. The van der Waals surface area contributed by atoms with Crippen molar-refractivity contribution in [2.24, 2.45) is 11.7 Å². The molecule has 0 saturated heterocycles. The highest BCUT2D eigenvalue weighted by Crippen LogP contribution is 2.24. The van der Waals surface area contributed by atoms with Gasteiger partial charge in [-0.3, -0.25) is 9.59 Å². The molecule has 1 aromatic rings. The van der Waals surface area contributed by atoms with Gasteiger partial charge in [0.1, 0.15) is 5.69 Å². The number of aromatic carboxylic acids is 1. The first-order valence-corrected chi connectivity index (χ1v) is 6.78. The number of amides is 2. The molecule has 0 bridgehead atoms. The number of carbonyl (C=O) groups excluding carboxylic acids is 2. The first-order chi connectivity index (χ1) is 9.99. The van der Waals surface area contributed by atoms with E-state index in [4.69, 9.17) is 10.8 Å². The molecule has 2 amide bonds. The standard InChI is InChI=1S/C14H17N3O4/c15-12(18)9-3-1-2-4-10(9)17-13(19)8-5-6-11(14(20)21)16-7-8/h5-7,9-10H,1-4H2,(H2,15,18)(H,17,19)(H,20,21). The molecule has 2 rings (SSSR count). The van der Waals surface area contributed by atoms with E-state index in [1.807, 2.05) is 0 Å². The topological polar surface area (TPSA) is 122 Å². The lowest BCUT2D eigenvalue weighted by atomic mass is 9.84. The van der Waals surface area contributed by atoms with E-state index in [-0.39, 0.29) is 29.1 Å². The van der Waals surface area contributed by atoms with E-state index in [0.717, 1.165) is 12.8 Å². The molecule has 7 nitrogen and oxygen atoms in total. The van der Waals surface area contributed by atoms with Gasteiger partial charge in [0.05, 0.1) is 11.5 Å². The van der Waals surface area contributed by atoms with Crippen LogP contribution < -0.4 is 11.1 Å². The number of hydrogen-bond donors (Lipinski definition) is 3. The minimum absolute atomic E-state index is 0.126. The predicted octanol–water partition coefficient (Wildman–Crippen LogP) is 0.554. The number of pyridine rings is 1. The van der Waals surface area contributed by atoms with Crippen LogP contribution >= 0.6 is 0 Å². The summed E-state index contributed by atoms with van der Waals surface area (Å²) < 4.78 is 0. The molecule has 2 unspecified atom stereocenters. The summed E-state index contributed by atoms with van der Waals surface area (Å²) in [5, 5.41) is 11.5. The smallest absolute Gasteiger partial charge is 0.354 e. The number of carbonyl (C=O) groups is 3. The highest BCUT2D eigenvalue weighted by molar-refractivity contribution is 5.95. The van der Waals surface area contributed by atoms with E-state index in [9.17, 15) is 14.4 Å². The molecular weight excluding hydrogens is 274 g/mol. The van der Waals surface area contributed by atoms with Crippen LogP contribution in [0.1, 0.15) is 46.5 Å². The zero-order chi connectivity index (χ0) is 15.4. The van der Waals surface area contributed by atoms with Gasteiger partial charge in [-0.1, -0.05) is 12.8 Å². The van der Waals surface area contributed by atoms with Crippen molar-refractivity contribution in [3.8, 4) is 0 Å². The Bertz CT molecular complexity index is 556. The largest absolute Gasteiger partial charge is 0.477 e. The fourth-order valence-corrected chi connectivity index (χ4v) is 2.55. The van der Waals surface area contributed by atoms with Gasteiger partial charge in [0.25, 0.3) is 5.91 Å². The van der Waals surface area contributed by atoms with Gasteiger partial charge in [-0.2, -0.15) is 0 Å². The van der Waals surface area contributed by atoms with Gasteiger partial charge in [0.15, 0.2) is 0 Å². The van der Waals surface area contributed by atoms with Gasteiger partial charge < -0.3 is 16.2 Å². The second-order valence-corrected chi connectivity index (χ2v) is 5.11. The lowest BCUT2D eigenvalue weighted by molar-refractivity contribution is -0.123. The average Bonchev–Trinajstić information content (AvgIpc) is 2.47. The normalized spacial score (nSPS) is 21.5.